The van der Waals surface area contributed by atoms with Gasteiger partial charge in [-0.3, -0.25) is 9.67 Å². The highest BCUT2D eigenvalue weighted by molar-refractivity contribution is 7.99. The molecule has 4 rings (SSSR count). The highest BCUT2D eigenvalue weighted by Crippen LogP contribution is 2.48. The predicted molar refractivity (Wildman–Crippen MR) is 110 cm³/mol. The van der Waals surface area contributed by atoms with E-state index in [0.29, 0.717) is 0 Å². The highest BCUT2D eigenvalue weighted by atomic mass is 32.2. The average Bonchev–Trinajstić information content (AvgIpc) is 3.08. The van der Waals surface area contributed by atoms with Crippen LogP contribution in [0.1, 0.15) is 19.4 Å². The van der Waals surface area contributed by atoms with Crippen molar-refractivity contribution in [1.29, 1.82) is 0 Å². The van der Waals surface area contributed by atoms with Gasteiger partial charge in [0, 0.05) is 46.2 Å². The van der Waals surface area contributed by atoms with E-state index < -0.39 is 6.09 Å². The van der Waals surface area contributed by atoms with Crippen molar-refractivity contribution in [3.05, 3.63) is 36.2 Å². The van der Waals surface area contributed by atoms with E-state index in [1.807, 2.05) is 18.3 Å². The minimum Gasteiger partial charge on any atom is -0.465 e. The summed E-state index contributed by atoms with van der Waals surface area (Å²) in [6.07, 6.45) is 2.62. The van der Waals surface area contributed by atoms with Gasteiger partial charge in [-0.15, -0.1) is 0 Å². The third-order valence-corrected chi connectivity index (χ3v) is 6.37. The second kappa shape index (κ2) is 7.81. The second-order valence-electron chi connectivity index (χ2n) is 6.68. The van der Waals surface area contributed by atoms with Gasteiger partial charge in [-0.05, 0) is 30.8 Å². The normalized spacial score (nSPS) is 12.4. The molecule has 28 heavy (non-hydrogen) atoms. The van der Waals surface area contributed by atoms with Crippen LogP contribution in [0.25, 0.3) is 22.2 Å². The molecule has 0 saturated carbocycles. The molecule has 1 aliphatic heterocycles. The first-order chi connectivity index (χ1) is 13.6. The molecule has 0 fully saturated rings. The Morgan fingerprint density at radius 3 is 2.86 bits per heavy atom. The largest absolute Gasteiger partial charge is 0.465 e. The maximum absolute atomic E-state index is 11.0. The molecule has 3 aromatic rings. The van der Waals surface area contributed by atoms with Crippen LogP contribution in [0.3, 0.4) is 0 Å². The third kappa shape index (κ3) is 3.33. The minimum atomic E-state index is -1.02. The number of likely N-dealkylation sites (N-methyl/N-ethyl adjacent to an activating group) is 1. The van der Waals surface area contributed by atoms with E-state index in [2.05, 4.69) is 39.8 Å². The van der Waals surface area contributed by atoms with Gasteiger partial charge in [0.15, 0.2) is 0 Å². The lowest BCUT2D eigenvalue weighted by Gasteiger charge is -2.18. The Bertz CT molecular complexity index is 1030. The van der Waals surface area contributed by atoms with Crippen LogP contribution < -0.4 is 5.32 Å². The van der Waals surface area contributed by atoms with E-state index in [0.717, 1.165) is 63.7 Å². The van der Waals surface area contributed by atoms with E-state index in [1.54, 1.807) is 18.0 Å². The van der Waals surface area contributed by atoms with Crippen LogP contribution in [-0.2, 0) is 13.1 Å². The zero-order chi connectivity index (χ0) is 19.7. The molecule has 8 heteroatoms. The summed E-state index contributed by atoms with van der Waals surface area (Å²) in [6.45, 7) is 8.40. The molecule has 3 heterocycles. The van der Waals surface area contributed by atoms with Gasteiger partial charge in [-0.25, -0.2) is 4.79 Å². The lowest BCUT2D eigenvalue weighted by atomic mass is 10.1. The quantitative estimate of drug-likeness (QED) is 0.495. The molecule has 2 N–H and O–H groups in total. The monoisotopic (exact) mass is 397 g/mol. The van der Waals surface area contributed by atoms with Crippen molar-refractivity contribution in [2.75, 3.05) is 19.6 Å². The molecule has 7 nitrogen and oxygen atoms in total. The standard InChI is InChI=1S/C20H23N5O2S/c1-3-24(4-2)9-10-25-15-6-5-13(11-22-20(26)27)19-17(15)18(23-25)14-7-8-21-12-16(14)28-19/h5-8,12,22H,3-4,9-11H2,1-2H3,(H,26,27). The number of rotatable bonds is 7. The molecule has 146 valence electrons. The Balaban J connectivity index is 1.81. The third-order valence-electron chi connectivity index (χ3n) is 5.16. The number of hydrogen-bond donors (Lipinski definition) is 2. The number of hydrogen-bond acceptors (Lipinski definition) is 5. The molecule has 0 bridgehead atoms. The number of carboxylic acid groups (broad SMARTS) is 1. The Morgan fingerprint density at radius 2 is 2.11 bits per heavy atom. The van der Waals surface area contributed by atoms with Crippen molar-refractivity contribution in [3.63, 3.8) is 0 Å². The van der Waals surface area contributed by atoms with E-state index in [1.165, 1.54) is 0 Å². The van der Waals surface area contributed by atoms with Gasteiger partial charge >= 0.3 is 6.09 Å². The predicted octanol–water partition coefficient (Wildman–Crippen LogP) is 3.67. The zero-order valence-electron chi connectivity index (χ0n) is 16.0. The zero-order valence-corrected chi connectivity index (χ0v) is 16.8. The van der Waals surface area contributed by atoms with Gasteiger partial charge in [0.25, 0.3) is 0 Å². The van der Waals surface area contributed by atoms with E-state index in [-0.39, 0.29) is 6.54 Å². The summed E-state index contributed by atoms with van der Waals surface area (Å²) in [7, 11) is 0. The Hall–Kier alpha value is -2.58. The summed E-state index contributed by atoms with van der Waals surface area (Å²) in [5.41, 5.74) is 4.09. The highest BCUT2D eigenvalue weighted by Gasteiger charge is 2.26. The van der Waals surface area contributed by atoms with Crippen LogP contribution in [0, 0.1) is 0 Å². The number of amides is 1. The summed E-state index contributed by atoms with van der Waals surface area (Å²) in [5, 5.41) is 17.5. The van der Waals surface area contributed by atoms with Crippen LogP contribution in [0.4, 0.5) is 4.79 Å². The SMILES string of the molecule is CCN(CC)CCn1nc2c3c(c(CNC(=O)O)ccc31)Sc1cnccc1-2. The topological polar surface area (TPSA) is 83.3 Å². The van der Waals surface area contributed by atoms with E-state index in [9.17, 15) is 4.79 Å². The number of nitrogens with one attached hydrogen (secondary N) is 1. The number of pyridine rings is 1. The first-order valence-electron chi connectivity index (χ1n) is 9.46. The molecule has 1 aromatic carbocycles. The number of nitrogens with zero attached hydrogens (tertiary/aromatic N) is 4. The van der Waals surface area contributed by atoms with Crippen molar-refractivity contribution < 1.29 is 9.90 Å². The van der Waals surface area contributed by atoms with Gasteiger partial charge in [0.1, 0.15) is 5.69 Å². The molecule has 0 atom stereocenters. The Morgan fingerprint density at radius 1 is 1.29 bits per heavy atom. The molecule has 2 aromatic heterocycles. The summed E-state index contributed by atoms with van der Waals surface area (Å²) in [4.78, 5) is 19.7. The molecular weight excluding hydrogens is 374 g/mol. The minimum absolute atomic E-state index is 0.271. The lowest BCUT2D eigenvalue weighted by Crippen LogP contribution is -2.27. The molecule has 1 amide bonds. The van der Waals surface area contributed by atoms with Crippen LogP contribution in [0.5, 0.6) is 0 Å². The summed E-state index contributed by atoms with van der Waals surface area (Å²) < 4.78 is 2.08. The first kappa shape index (κ1) is 18.8. The van der Waals surface area contributed by atoms with E-state index in [4.69, 9.17) is 10.2 Å². The smallest absolute Gasteiger partial charge is 0.404 e. The number of benzene rings is 1. The molecule has 0 aliphatic carbocycles. The summed E-state index contributed by atoms with van der Waals surface area (Å²) in [6, 6.07) is 6.06. The summed E-state index contributed by atoms with van der Waals surface area (Å²) >= 11 is 1.64. The fourth-order valence-corrected chi connectivity index (χ4v) is 4.80. The summed E-state index contributed by atoms with van der Waals surface area (Å²) in [5.74, 6) is 0. The number of fused-ring (bicyclic) bond motifs is 2. The molecule has 1 aliphatic rings. The number of carbonyl (C=O) groups is 1. The van der Waals surface area contributed by atoms with Crippen LogP contribution in [0.15, 0.2) is 40.4 Å². The fraction of sp³-hybridized carbons (Fsp3) is 0.350. The molecule has 0 unspecified atom stereocenters. The van der Waals surface area contributed by atoms with Crippen molar-refractivity contribution in [2.24, 2.45) is 0 Å². The maximum atomic E-state index is 11.0. The maximum Gasteiger partial charge on any atom is 0.404 e. The Labute approximate surface area is 167 Å². The molecular formula is C20H23N5O2S. The Kier molecular flexibility index (Phi) is 5.23. The van der Waals surface area contributed by atoms with Crippen molar-refractivity contribution >= 4 is 28.8 Å². The molecule has 0 spiro atoms. The molecule has 0 radical (unpaired) electrons. The van der Waals surface area contributed by atoms with E-state index >= 15 is 0 Å². The van der Waals surface area contributed by atoms with Gasteiger partial charge in [0.2, 0.25) is 0 Å². The van der Waals surface area contributed by atoms with Crippen LogP contribution in [0.2, 0.25) is 0 Å². The average molecular weight is 398 g/mol. The number of aromatic nitrogens is 3. The fourth-order valence-electron chi connectivity index (χ4n) is 3.61. The van der Waals surface area contributed by atoms with Crippen LogP contribution >= 0.6 is 11.8 Å². The lowest BCUT2D eigenvalue weighted by molar-refractivity contribution is 0.194. The van der Waals surface area contributed by atoms with Crippen molar-refractivity contribution in [2.45, 2.75) is 36.7 Å². The van der Waals surface area contributed by atoms with Crippen LogP contribution in [-0.4, -0.2) is 50.5 Å². The van der Waals surface area contributed by atoms with Gasteiger partial charge in [-0.2, -0.15) is 5.10 Å². The van der Waals surface area contributed by atoms with Gasteiger partial charge < -0.3 is 15.3 Å². The van der Waals surface area contributed by atoms with Crippen molar-refractivity contribution in [1.82, 2.24) is 25.0 Å². The first-order valence-corrected chi connectivity index (χ1v) is 10.3. The van der Waals surface area contributed by atoms with Crippen molar-refractivity contribution in [3.8, 4) is 11.3 Å². The van der Waals surface area contributed by atoms with Gasteiger partial charge in [0.05, 0.1) is 12.1 Å². The second-order valence-corrected chi connectivity index (χ2v) is 7.73. The molecule has 0 saturated heterocycles. The van der Waals surface area contributed by atoms with Gasteiger partial charge in [-0.1, -0.05) is 31.7 Å².